The normalized spacial score (nSPS) is 20.4. The molecular weight excluding hydrogens is 402 g/mol. The van der Waals surface area contributed by atoms with E-state index >= 15 is 0 Å². The maximum atomic E-state index is 12.7. The predicted octanol–water partition coefficient (Wildman–Crippen LogP) is 2.36. The quantitative estimate of drug-likeness (QED) is 0.766. The highest BCUT2D eigenvalue weighted by Crippen LogP contribution is 2.47. The third-order valence-corrected chi connectivity index (χ3v) is 7.56. The Kier molecular flexibility index (Phi) is 4.83. The number of hydrogen-bond donors (Lipinski definition) is 1. The van der Waals surface area contributed by atoms with Crippen LogP contribution in [0.1, 0.15) is 23.3 Å². The molecule has 0 aliphatic carbocycles. The standard InChI is InChI=1S/C22H23N3O4S/c26-18-13-25(21(28)23-18)14-19(27)24-9-7-22(8-10-24)20-16(6-11-29-22)12-17(30-20)15-4-2-1-3-5-15/h1-5,12H,6-11,13-14H2,(H,23,26,28). The van der Waals surface area contributed by atoms with Gasteiger partial charge in [0.05, 0.1) is 6.61 Å². The number of rotatable bonds is 3. The molecule has 30 heavy (non-hydrogen) atoms. The number of likely N-dealkylation sites (tertiary alicyclic amines) is 1. The molecule has 4 heterocycles. The van der Waals surface area contributed by atoms with E-state index < -0.39 is 6.03 Å². The number of carbonyl (C=O) groups is 3. The molecule has 0 atom stereocenters. The highest BCUT2D eigenvalue weighted by Gasteiger charge is 2.43. The van der Waals surface area contributed by atoms with Crippen molar-refractivity contribution >= 4 is 29.2 Å². The maximum absolute atomic E-state index is 12.7. The number of benzene rings is 1. The molecule has 4 amide bonds. The Morgan fingerprint density at radius 2 is 1.93 bits per heavy atom. The molecule has 0 radical (unpaired) electrons. The number of ether oxygens (including phenoxy) is 1. The lowest BCUT2D eigenvalue weighted by Crippen LogP contribution is -2.50. The van der Waals surface area contributed by atoms with Crippen molar-refractivity contribution in [3.8, 4) is 10.4 Å². The van der Waals surface area contributed by atoms with Gasteiger partial charge in [0.25, 0.3) is 0 Å². The minimum atomic E-state index is -0.492. The number of piperidine rings is 1. The monoisotopic (exact) mass is 425 g/mol. The summed E-state index contributed by atoms with van der Waals surface area (Å²) in [5, 5.41) is 2.21. The highest BCUT2D eigenvalue weighted by atomic mass is 32.1. The molecule has 8 heteroatoms. The van der Waals surface area contributed by atoms with E-state index in [2.05, 4.69) is 35.6 Å². The molecular formula is C22H23N3O4S. The fourth-order valence-electron chi connectivity index (χ4n) is 4.53. The van der Waals surface area contributed by atoms with Gasteiger partial charge in [-0.25, -0.2) is 4.79 Å². The van der Waals surface area contributed by atoms with Crippen molar-refractivity contribution in [2.45, 2.75) is 24.9 Å². The van der Waals surface area contributed by atoms with Gasteiger partial charge in [0.15, 0.2) is 0 Å². The number of amides is 4. The van der Waals surface area contributed by atoms with Gasteiger partial charge in [-0.15, -0.1) is 11.3 Å². The van der Waals surface area contributed by atoms with E-state index in [1.165, 1.54) is 25.8 Å². The minimum absolute atomic E-state index is 0.0493. The number of nitrogens with zero attached hydrogens (tertiary/aromatic N) is 2. The molecule has 0 bridgehead atoms. The molecule has 1 spiro atoms. The second kappa shape index (κ2) is 7.52. The lowest BCUT2D eigenvalue weighted by molar-refractivity contribution is -0.140. The molecule has 7 nitrogen and oxygen atoms in total. The van der Waals surface area contributed by atoms with Crippen molar-refractivity contribution in [3.05, 3.63) is 46.8 Å². The second-order valence-corrected chi connectivity index (χ2v) is 9.07. The highest BCUT2D eigenvalue weighted by molar-refractivity contribution is 7.15. The van der Waals surface area contributed by atoms with Crippen LogP contribution < -0.4 is 5.32 Å². The Labute approximate surface area is 178 Å². The van der Waals surface area contributed by atoms with Crippen molar-refractivity contribution in [1.82, 2.24) is 15.1 Å². The van der Waals surface area contributed by atoms with Crippen molar-refractivity contribution < 1.29 is 19.1 Å². The van der Waals surface area contributed by atoms with E-state index in [1.807, 2.05) is 6.07 Å². The van der Waals surface area contributed by atoms with E-state index in [-0.39, 0.29) is 30.5 Å². The number of hydrogen-bond acceptors (Lipinski definition) is 5. The Morgan fingerprint density at radius 1 is 1.17 bits per heavy atom. The predicted molar refractivity (Wildman–Crippen MR) is 112 cm³/mol. The van der Waals surface area contributed by atoms with Crippen LogP contribution >= 0.6 is 11.3 Å². The first kappa shape index (κ1) is 19.3. The Morgan fingerprint density at radius 3 is 2.63 bits per heavy atom. The summed E-state index contributed by atoms with van der Waals surface area (Å²) < 4.78 is 6.33. The van der Waals surface area contributed by atoms with Gasteiger partial charge in [-0.05, 0) is 36.5 Å². The molecule has 5 rings (SSSR count). The third kappa shape index (κ3) is 3.40. The summed E-state index contributed by atoms with van der Waals surface area (Å²) in [4.78, 5) is 41.3. The summed E-state index contributed by atoms with van der Waals surface area (Å²) in [5.41, 5.74) is 2.25. The van der Waals surface area contributed by atoms with Gasteiger partial charge in [0, 0.05) is 22.8 Å². The number of imide groups is 1. The fourth-order valence-corrected chi connectivity index (χ4v) is 5.95. The summed E-state index contributed by atoms with van der Waals surface area (Å²) in [6, 6.07) is 12.2. The molecule has 2 fully saturated rings. The minimum Gasteiger partial charge on any atom is -0.369 e. The summed E-state index contributed by atoms with van der Waals surface area (Å²) in [6.45, 7) is 1.75. The molecule has 1 aromatic heterocycles. The Balaban J connectivity index is 1.29. The molecule has 3 aliphatic heterocycles. The van der Waals surface area contributed by atoms with Gasteiger partial charge in [-0.1, -0.05) is 30.3 Å². The van der Waals surface area contributed by atoms with Crippen LogP contribution in [0.4, 0.5) is 4.79 Å². The first-order valence-corrected chi connectivity index (χ1v) is 11.0. The van der Waals surface area contributed by atoms with E-state index in [9.17, 15) is 14.4 Å². The van der Waals surface area contributed by atoms with Gasteiger partial charge in [0.2, 0.25) is 11.8 Å². The number of nitrogens with one attached hydrogen (secondary N) is 1. The first-order valence-electron chi connectivity index (χ1n) is 10.2. The molecule has 0 unspecified atom stereocenters. The topological polar surface area (TPSA) is 79.0 Å². The zero-order valence-electron chi connectivity index (χ0n) is 16.6. The van der Waals surface area contributed by atoms with E-state index in [0.717, 1.165) is 19.3 Å². The number of fused-ring (bicyclic) bond motifs is 2. The summed E-state index contributed by atoms with van der Waals surface area (Å²) >= 11 is 1.80. The second-order valence-electron chi connectivity index (χ2n) is 8.01. The molecule has 1 N–H and O–H groups in total. The average molecular weight is 426 g/mol. The van der Waals surface area contributed by atoms with Gasteiger partial charge in [-0.2, -0.15) is 0 Å². The van der Waals surface area contributed by atoms with Crippen molar-refractivity contribution in [2.24, 2.45) is 0 Å². The molecule has 2 saturated heterocycles. The average Bonchev–Trinajstić information content (AvgIpc) is 3.33. The summed E-state index contributed by atoms with van der Waals surface area (Å²) in [5.74, 6) is -0.484. The molecule has 0 saturated carbocycles. The van der Waals surface area contributed by atoms with Crippen molar-refractivity contribution in [1.29, 1.82) is 0 Å². The van der Waals surface area contributed by atoms with Crippen molar-refractivity contribution in [2.75, 3.05) is 32.8 Å². The van der Waals surface area contributed by atoms with Crippen LogP contribution in [0.2, 0.25) is 0 Å². The Bertz CT molecular complexity index is 995. The van der Waals surface area contributed by atoms with Gasteiger partial charge in [-0.3, -0.25) is 14.9 Å². The summed E-state index contributed by atoms with van der Waals surface area (Å²) in [6.07, 6.45) is 2.40. The summed E-state index contributed by atoms with van der Waals surface area (Å²) in [7, 11) is 0. The largest absolute Gasteiger partial charge is 0.369 e. The molecule has 2 aromatic rings. The third-order valence-electron chi connectivity index (χ3n) is 6.15. The van der Waals surface area contributed by atoms with Crippen LogP contribution in [0, 0.1) is 0 Å². The number of carbonyl (C=O) groups excluding carboxylic acids is 3. The Hall–Kier alpha value is -2.71. The molecule has 1 aromatic carbocycles. The van der Waals surface area contributed by atoms with Crippen LogP contribution in [0.3, 0.4) is 0 Å². The van der Waals surface area contributed by atoms with Crippen molar-refractivity contribution in [3.63, 3.8) is 0 Å². The van der Waals surface area contributed by atoms with E-state index in [4.69, 9.17) is 4.74 Å². The number of urea groups is 1. The lowest BCUT2D eigenvalue weighted by Gasteiger charge is -2.43. The first-order chi connectivity index (χ1) is 14.5. The van der Waals surface area contributed by atoms with E-state index in [1.54, 1.807) is 16.2 Å². The zero-order valence-corrected chi connectivity index (χ0v) is 17.4. The van der Waals surface area contributed by atoms with Crippen LogP contribution in [0.5, 0.6) is 0 Å². The van der Waals surface area contributed by atoms with Crippen LogP contribution in [0.15, 0.2) is 36.4 Å². The zero-order chi connectivity index (χ0) is 20.7. The number of thiophene rings is 1. The SMILES string of the molecule is O=C1CN(CC(=O)N2CCC3(CC2)OCCc2cc(-c4ccccc4)sc23)C(=O)N1. The van der Waals surface area contributed by atoms with Crippen LogP contribution in [-0.4, -0.2) is 60.4 Å². The lowest BCUT2D eigenvalue weighted by atomic mass is 9.85. The maximum Gasteiger partial charge on any atom is 0.325 e. The molecule has 156 valence electrons. The van der Waals surface area contributed by atoms with Gasteiger partial charge >= 0.3 is 6.03 Å². The smallest absolute Gasteiger partial charge is 0.325 e. The van der Waals surface area contributed by atoms with Crippen LogP contribution in [-0.2, 0) is 26.3 Å². The van der Waals surface area contributed by atoms with Crippen LogP contribution in [0.25, 0.3) is 10.4 Å². The fraction of sp³-hybridized carbons (Fsp3) is 0.409. The van der Waals surface area contributed by atoms with Gasteiger partial charge in [0.1, 0.15) is 18.7 Å². The van der Waals surface area contributed by atoms with E-state index in [0.29, 0.717) is 19.7 Å². The van der Waals surface area contributed by atoms with Gasteiger partial charge < -0.3 is 14.5 Å². The molecule has 3 aliphatic rings.